The lowest BCUT2D eigenvalue weighted by Gasteiger charge is -2.28. The molecule has 4 nitrogen and oxygen atoms in total. The average molecular weight is 318 g/mol. The van der Waals surface area contributed by atoms with E-state index in [-0.39, 0.29) is 6.61 Å². The van der Waals surface area contributed by atoms with Crippen molar-refractivity contribution in [2.24, 2.45) is 0 Å². The molecule has 0 saturated carbocycles. The number of alkyl halides is 2. The van der Waals surface area contributed by atoms with Crippen molar-refractivity contribution in [1.29, 1.82) is 0 Å². The molecule has 0 bridgehead atoms. The topological polar surface area (TPSA) is 61.4 Å². The molecule has 0 heterocycles. The van der Waals surface area contributed by atoms with Gasteiger partial charge in [-0.1, -0.05) is 25.1 Å². The van der Waals surface area contributed by atoms with E-state index in [9.17, 15) is 18.7 Å². The third-order valence-corrected chi connectivity index (χ3v) is 3.63. The minimum atomic E-state index is -2.47. The summed E-state index contributed by atoms with van der Waals surface area (Å²) >= 11 is 0.452. The SMILES string of the molecule is CCCC(C)(CO)NC(=O)Nc1ccc(SC(F)F)cc1. The molecule has 0 aromatic heterocycles. The first-order valence-corrected chi connectivity index (χ1v) is 7.51. The number of rotatable bonds is 7. The fraction of sp³-hybridized carbons (Fsp3) is 0.500. The number of carbonyl (C=O) groups is 1. The summed E-state index contributed by atoms with van der Waals surface area (Å²) in [5.41, 5.74) is -0.174. The quantitative estimate of drug-likeness (QED) is 0.672. The van der Waals surface area contributed by atoms with Crippen LogP contribution in [-0.4, -0.2) is 29.0 Å². The molecule has 1 aromatic rings. The van der Waals surface area contributed by atoms with Gasteiger partial charge in [0, 0.05) is 10.6 Å². The van der Waals surface area contributed by atoms with Crippen molar-refractivity contribution < 1.29 is 18.7 Å². The van der Waals surface area contributed by atoms with E-state index in [1.807, 2.05) is 6.92 Å². The van der Waals surface area contributed by atoms with Crippen molar-refractivity contribution >= 4 is 23.5 Å². The minimum Gasteiger partial charge on any atom is -0.394 e. The van der Waals surface area contributed by atoms with E-state index < -0.39 is 17.3 Å². The van der Waals surface area contributed by atoms with Crippen LogP contribution >= 0.6 is 11.8 Å². The van der Waals surface area contributed by atoms with E-state index in [4.69, 9.17) is 0 Å². The molecule has 0 aliphatic heterocycles. The van der Waals surface area contributed by atoms with Gasteiger partial charge in [-0.15, -0.1) is 0 Å². The van der Waals surface area contributed by atoms with Crippen LogP contribution in [0, 0.1) is 0 Å². The molecule has 1 rings (SSSR count). The summed E-state index contributed by atoms with van der Waals surface area (Å²) in [4.78, 5) is 12.3. The molecule has 118 valence electrons. The molecule has 3 N–H and O–H groups in total. The van der Waals surface area contributed by atoms with Gasteiger partial charge in [0.1, 0.15) is 0 Å². The highest BCUT2D eigenvalue weighted by molar-refractivity contribution is 7.99. The lowest BCUT2D eigenvalue weighted by molar-refractivity contribution is 0.167. The number of anilines is 1. The van der Waals surface area contributed by atoms with E-state index in [1.165, 1.54) is 12.1 Å². The van der Waals surface area contributed by atoms with Gasteiger partial charge < -0.3 is 15.7 Å². The summed E-state index contributed by atoms with van der Waals surface area (Å²) in [5.74, 6) is -2.47. The van der Waals surface area contributed by atoms with Crippen LogP contribution < -0.4 is 10.6 Å². The molecule has 1 atom stereocenters. The summed E-state index contributed by atoms with van der Waals surface area (Å²) in [6.07, 6.45) is 1.48. The molecular weight excluding hydrogens is 298 g/mol. The smallest absolute Gasteiger partial charge is 0.319 e. The molecule has 0 aliphatic carbocycles. The van der Waals surface area contributed by atoms with Crippen molar-refractivity contribution in [3.63, 3.8) is 0 Å². The molecule has 2 amide bonds. The Labute approximate surface area is 127 Å². The van der Waals surface area contributed by atoms with Gasteiger partial charge in [-0.2, -0.15) is 8.78 Å². The predicted molar refractivity (Wildman–Crippen MR) is 80.9 cm³/mol. The third kappa shape index (κ3) is 6.31. The van der Waals surface area contributed by atoms with Crippen LogP contribution in [0.3, 0.4) is 0 Å². The maximum Gasteiger partial charge on any atom is 0.319 e. The number of thioether (sulfide) groups is 1. The predicted octanol–water partition coefficient (Wildman–Crippen LogP) is 3.67. The van der Waals surface area contributed by atoms with E-state index in [1.54, 1.807) is 19.1 Å². The number of aliphatic hydroxyl groups excluding tert-OH is 1. The monoisotopic (exact) mass is 318 g/mol. The Morgan fingerprint density at radius 1 is 1.38 bits per heavy atom. The zero-order chi connectivity index (χ0) is 15.9. The molecule has 1 unspecified atom stereocenters. The number of benzene rings is 1. The molecule has 1 aromatic carbocycles. The summed E-state index contributed by atoms with van der Waals surface area (Å²) < 4.78 is 24.4. The minimum absolute atomic E-state index is 0.155. The van der Waals surface area contributed by atoms with Crippen LogP contribution in [0.25, 0.3) is 0 Å². The van der Waals surface area contributed by atoms with E-state index in [2.05, 4.69) is 10.6 Å². The van der Waals surface area contributed by atoms with Crippen LogP contribution in [0.5, 0.6) is 0 Å². The van der Waals surface area contributed by atoms with Crippen molar-refractivity contribution in [3.8, 4) is 0 Å². The Morgan fingerprint density at radius 2 is 2.00 bits per heavy atom. The van der Waals surface area contributed by atoms with Gasteiger partial charge in [-0.25, -0.2) is 4.79 Å². The van der Waals surface area contributed by atoms with Gasteiger partial charge in [0.05, 0.1) is 12.1 Å². The molecule has 0 spiro atoms. The summed E-state index contributed by atoms with van der Waals surface area (Å²) in [6, 6.07) is 5.71. The van der Waals surface area contributed by atoms with Gasteiger partial charge in [-0.05, 0) is 37.6 Å². The fourth-order valence-electron chi connectivity index (χ4n) is 1.89. The number of urea groups is 1. The first-order valence-electron chi connectivity index (χ1n) is 6.63. The third-order valence-electron chi connectivity index (χ3n) is 2.90. The van der Waals surface area contributed by atoms with E-state index >= 15 is 0 Å². The largest absolute Gasteiger partial charge is 0.394 e. The summed E-state index contributed by atoms with van der Waals surface area (Å²) in [5, 5.41) is 14.7. The fourth-order valence-corrected chi connectivity index (χ4v) is 2.39. The zero-order valence-electron chi connectivity index (χ0n) is 12.0. The Bertz CT molecular complexity index is 457. The lowest BCUT2D eigenvalue weighted by Crippen LogP contribution is -2.50. The summed E-state index contributed by atoms with van der Waals surface area (Å²) in [7, 11) is 0. The highest BCUT2D eigenvalue weighted by Gasteiger charge is 2.24. The van der Waals surface area contributed by atoms with Crippen molar-refractivity contribution in [3.05, 3.63) is 24.3 Å². The van der Waals surface area contributed by atoms with E-state index in [0.29, 0.717) is 28.8 Å². The number of hydrogen-bond acceptors (Lipinski definition) is 3. The van der Waals surface area contributed by atoms with Crippen molar-refractivity contribution in [1.82, 2.24) is 5.32 Å². The Hall–Kier alpha value is -1.34. The Kier molecular flexibility index (Phi) is 6.91. The first-order chi connectivity index (χ1) is 9.88. The molecular formula is C14H20F2N2O2S. The highest BCUT2D eigenvalue weighted by Crippen LogP contribution is 2.26. The van der Waals surface area contributed by atoms with Gasteiger partial charge in [0.25, 0.3) is 5.76 Å². The number of carbonyl (C=O) groups excluding carboxylic acids is 1. The Balaban J connectivity index is 2.58. The number of nitrogens with one attached hydrogen (secondary N) is 2. The molecule has 0 fully saturated rings. The second kappa shape index (κ2) is 8.19. The highest BCUT2D eigenvalue weighted by atomic mass is 32.2. The number of amides is 2. The maximum atomic E-state index is 12.2. The maximum absolute atomic E-state index is 12.2. The summed E-state index contributed by atoms with van der Waals surface area (Å²) in [6.45, 7) is 3.57. The molecule has 0 radical (unpaired) electrons. The van der Waals surface area contributed by atoms with Crippen molar-refractivity contribution in [2.45, 2.75) is 42.9 Å². The number of hydrogen-bond donors (Lipinski definition) is 3. The van der Waals surface area contributed by atoms with Crippen molar-refractivity contribution in [2.75, 3.05) is 11.9 Å². The molecule has 0 aliphatic rings. The van der Waals surface area contributed by atoms with Crippen LogP contribution in [-0.2, 0) is 0 Å². The number of aliphatic hydroxyl groups is 1. The normalized spacial score (nSPS) is 13.8. The molecule has 0 saturated heterocycles. The second-order valence-corrected chi connectivity index (χ2v) is 6.01. The van der Waals surface area contributed by atoms with Gasteiger partial charge in [0.15, 0.2) is 0 Å². The molecule has 21 heavy (non-hydrogen) atoms. The zero-order valence-corrected chi connectivity index (χ0v) is 12.8. The standard InChI is InChI=1S/C14H20F2N2O2S/c1-3-8-14(2,9-19)18-13(20)17-10-4-6-11(7-5-10)21-12(15)16/h4-7,12,19H,3,8-9H2,1-2H3,(H2,17,18,20). The van der Waals surface area contributed by atoms with E-state index in [0.717, 1.165) is 6.42 Å². The Morgan fingerprint density at radius 3 is 2.48 bits per heavy atom. The average Bonchev–Trinajstić information content (AvgIpc) is 2.40. The van der Waals surface area contributed by atoms with Crippen LogP contribution in [0.15, 0.2) is 29.2 Å². The number of halogens is 2. The van der Waals surface area contributed by atoms with Gasteiger partial charge in [0.2, 0.25) is 0 Å². The van der Waals surface area contributed by atoms with Crippen LogP contribution in [0.4, 0.5) is 19.3 Å². The van der Waals surface area contributed by atoms with Crippen LogP contribution in [0.2, 0.25) is 0 Å². The van der Waals surface area contributed by atoms with Crippen LogP contribution in [0.1, 0.15) is 26.7 Å². The van der Waals surface area contributed by atoms with Gasteiger partial charge >= 0.3 is 6.03 Å². The lowest BCUT2D eigenvalue weighted by atomic mass is 9.98. The second-order valence-electron chi connectivity index (χ2n) is 4.95. The molecule has 7 heteroatoms. The first kappa shape index (κ1) is 17.7. The van der Waals surface area contributed by atoms with Gasteiger partial charge in [-0.3, -0.25) is 0 Å².